The van der Waals surface area contributed by atoms with E-state index in [1.54, 1.807) is 24.3 Å². The van der Waals surface area contributed by atoms with Crippen molar-refractivity contribution >= 4 is 38.2 Å². The van der Waals surface area contributed by atoms with Crippen LogP contribution in [0.5, 0.6) is 0 Å². The zero-order valence-electron chi connectivity index (χ0n) is 15.9. The molecule has 0 unspecified atom stereocenters. The monoisotopic (exact) mass is 397 g/mol. The van der Waals surface area contributed by atoms with Gasteiger partial charge in [-0.05, 0) is 42.3 Å². The zero-order chi connectivity index (χ0) is 20.3. The summed E-state index contributed by atoms with van der Waals surface area (Å²) in [5, 5.41) is 0.945. The van der Waals surface area contributed by atoms with Gasteiger partial charge in [-0.1, -0.05) is 31.2 Å². The lowest BCUT2D eigenvalue weighted by Crippen LogP contribution is -2.31. The molecule has 1 heterocycles. The van der Waals surface area contributed by atoms with Crippen molar-refractivity contribution in [3.05, 3.63) is 60.2 Å². The smallest absolute Gasteiger partial charge is 0.227 e. The Hall–Kier alpha value is -2.93. The molecule has 3 rings (SSSR count). The molecule has 2 aromatic carbocycles. The van der Waals surface area contributed by atoms with Gasteiger partial charge in [0.15, 0.2) is 9.84 Å². The van der Waals surface area contributed by atoms with Gasteiger partial charge in [0.25, 0.3) is 0 Å². The van der Waals surface area contributed by atoms with E-state index in [0.717, 1.165) is 22.7 Å². The zero-order valence-corrected chi connectivity index (χ0v) is 16.7. The molecule has 0 fully saturated rings. The molecule has 0 spiro atoms. The van der Waals surface area contributed by atoms with Gasteiger partial charge in [0.2, 0.25) is 5.91 Å². The fourth-order valence-corrected chi connectivity index (χ4v) is 3.99. The third-order valence-corrected chi connectivity index (χ3v) is 5.58. The molecule has 0 saturated heterocycles. The third-order valence-electron chi connectivity index (χ3n) is 4.44. The lowest BCUT2D eigenvalue weighted by Gasteiger charge is -2.25. The molecule has 0 aliphatic rings. The minimum Gasteiger partial charge on any atom is -0.384 e. The van der Waals surface area contributed by atoms with E-state index in [1.165, 1.54) is 11.0 Å². The number of hydrogen-bond donors (Lipinski definition) is 1. The van der Waals surface area contributed by atoms with Crippen LogP contribution in [0.2, 0.25) is 0 Å². The van der Waals surface area contributed by atoms with E-state index >= 15 is 0 Å². The highest BCUT2D eigenvalue weighted by Crippen LogP contribution is 2.28. The van der Waals surface area contributed by atoms with Crippen LogP contribution in [0.3, 0.4) is 0 Å². The lowest BCUT2D eigenvalue weighted by molar-refractivity contribution is -0.118. The van der Waals surface area contributed by atoms with E-state index in [0.29, 0.717) is 24.3 Å². The molecule has 0 atom stereocenters. The summed E-state index contributed by atoms with van der Waals surface area (Å²) in [5.41, 5.74) is 7.75. The van der Waals surface area contributed by atoms with Crippen LogP contribution in [0.4, 0.5) is 11.5 Å². The van der Waals surface area contributed by atoms with Crippen molar-refractivity contribution in [2.45, 2.75) is 31.2 Å². The Morgan fingerprint density at radius 3 is 2.54 bits per heavy atom. The number of benzene rings is 2. The summed E-state index contributed by atoms with van der Waals surface area (Å²) < 4.78 is 24.5. The average Bonchev–Trinajstić information content (AvgIpc) is 2.65. The van der Waals surface area contributed by atoms with Crippen molar-refractivity contribution in [3.8, 4) is 0 Å². The maximum Gasteiger partial charge on any atom is 0.227 e. The second-order valence-corrected chi connectivity index (χ2v) is 8.72. The number of amides is 1. The van der Waals surface area contributed by atoms with Gasteiger partial charge in [0.05, 0.1) is 22.6 Å². The number of nitrogens with two attached hydrogens (primary N) is 1. The van der Waals surface area contributed by atoms with Gasteiger partial charge in [0, 0.05) is 18.1 Å². The normalized spacial score (nSPS) is 11.5. The molecule has 0 aliphatic heterocycles. The highest BCUT2D eigenvalue weighted by atomic mass is 32.2. The van der Waals surface area contributed by atoms with Gasteiger partial charge in [-0.2, -0.15) is 0 Å². The van der Waals surface area contributed by atoms with Crippen molar-refractivity contribution in [1.29, 1.82) is 0 Å². The minimum absolute atomic E-state index is 0.126. The molecular formula is C21H23N3O3S. The summed E-state index contributed by atoms with van der Waals surface area (Å²) in [7, 11) is -3.48. The van der Waals surface area contributed by atoms with Crippen molar-refractivity contribution < 1.29 is 13.2 Å². The summed E-state index contributed by atoms with van der Waals surface area (Å²) in [6.07, 6.45) is 2.15. The molecule has 0 aliphatic carbocycles. The second kappa shape index (κ2) is 7.98. The van der Waals surface area contributed by atoms with E-state index in [1.807, 2.05) is 31.2 Å². The van der Waals surface area contributed by atoms with Crippen molar-refractivity contribution in [2.75, 3.05) is 16.9 Å². The predicted octanol–water partition coefficient (Wildman–Crippen LogP) is 3.55. The molecule has 0 bridgehead atoms. The quantitative estimate of drug-likeness (QED) is 0.686. The average molecular weight is 398 g/mol. The molecule has 28 heavy (non-hydrogen) atoms. The minimum atomic E-state index is -3.48. The maximum atomic E-state index is 12.8. The van der Waals surface area contributed by atoms with E-state index in [9.17, 15) is 13.2 Å². The van der Waals surface area contributed by atoms with Gasteiger partial charge < -0.3 is 10.6 Å². The lowest BCUT2D eigenvalue weighted by atomic mass is 10.1. The molecule has 3 aromatic rings. The Kier molecular flexibility index (Phi) is 5.65. The summed E-state index contributed by atoms with van der Waals surface area (Å²) in [5.74, 6) is 0.296. The molecule has 2 N–H and O–H groups in total. The van der Waals surface area contributed by atoms with Crippen LogP contribution in [-0.4, -0.2) is 25.6 Å². The first-order valence-corrected chi connectivity index (χ1v) is 10.9. The fourth-order valence-electron chi connectivity index (χ4n) is 3.11. The van der Waals surface area contributed by atoms with Crippen LogP contribution < -0.4 is 10.6 Å². The molecule has 0 saturated carbocycles. The predicted molar refractivity (Wildman–Crippen MR) is 112 cm³/mol. The Morgan fingerprint density at radius 1 is 1.11 bits per heavy atom. The Balaban J connectivity index is 2.06. The number of pyridine rings is 1. The van der Waals surface area contributed by atoms with Gasteiger partial charge in [0.1, 0.15) is 5.82 Å². The van der Waals surface area contributed by atoms with E-state index in [2.05, 4.69) is 4.98 Å². The standard InChI is InChI=1S/C21H23N3O3S/c1-3-6-21(25)24(18-7-4-5-8-19(18)28(2,26)27)14-15-9-10-16-11-12-20(22)23-17(16)13-15/h4-5,7-13H,3,6,14H2,1-2H3,(H2,22,23). The SMILES string of the molecule is CCCC(=O)N(Cc1ccc2ccc(N)nc2c1)c1ccccc1S(C)(=O)=O. The van der Waals surface area contributed by atoms with Gasteiger partial charge >= 0.3 is 0 Å². The largest absolute Gasteiger partial charge is 0.384 e. The summed E-state index contributed by atoms with van der Waals surface area (Å²) in [6, 6.07) is 15.9. The number of hydrogen-bond acceptors (Lipinski definition) is 5. The molecule has 7 heteroatoms. The second-order valence-electron chi connectivity index (χ2n) is 6.73. The van der Waals surface area contributed by atoms with E-state index in [4.69, 9.17) is 5.73 Å². The molecule has 1 amide bonds. The first kappa shape index (κ1) is 19.8. The van der Waals surface area contributed by atoms with Gasteiger partial charge in [-0.3, -0.25) is 4.79 Å². The maximum absolute atomic E-state index is 12.8. The first-order valence-electron chi connectivity index (χ1n) is 9.04. The first-order chi connectivity index (χ1) is 13.3. The van der Waals surface area contributed by atoms with Crippen molar-refractivity contribution in [1.82, 2.24) is 4.98 Å². The highest BCUT2D eigenvalue weighted by molar-refractivity contribution is 7.90. The number of sulfone groups is 1. The van der Waals surface area contributed by atoms with Gasteiger partial charge in [-0.25, -0.2) is 13.4 Å². The number of anilines is 2. The van der Waals surface area contributed by atoms with E-state index in [-0.39, 0.29) is 17.3 Å². The third kappa shape index (κ3) is 4.31. The van der Waals surface area contributed by atoms with Crippen molar-refractivity contribution in [2.24, 2.45) is 0 Å². The summed E-state index contributed by atoms with van der Waals surface area (Å²) in [6.45, 7) is 2.17. The summed E-state index contributed by atoms with van der Waals surface area (Å²) in [4.78, 5) is 18.8. The molecule has 0 radical (unpaired) electrons. The number of para-hydroxylation sites is 1. The Bertz CT molecular complexity index is 1130. The Labute approximate surface area is 164 Å². The van der Waals surface area contributed by atoms with Crippen LogP contribution in [0.25, 0.3) is 10.9 Å². The van der Waals surface area contributed by atoms with Crippen LogP contribution in [0.15, 0.2) is 59.5 Å². The number of rotatable bonds is 6. The van der Waals surface area contributed by atoms with Crippen LogP contribution in [-0.2, 0) is 21.2 Å². The molecule has 146 valence electrons. The number of nitrogen functional groups attached to an aromatic ring is 1. The number of carbonyl (C=O) groups excluding carboxylic acids is 1. The highest BCUT2D eigenvalue weighted by Gasteiger charge is 2.22. The number of fused-ring (bicyclic) bond motifs is 1. The number of nitrogens with zero attached hydrogens (tertiary/aromatic N) is 2. The summed E-state index contributed by atoms with van der Waals surface area (Å²) >= 11 is 0. The van der Waals surface area contributed by atoms with Crippen LogP contribution in [0.1, 0.15) is 25.3 Å². The number of aromatic nitrogens is 1. The van der Waals surface area contributed by atoms with Gasteiger partial charge in [-0.15, -0.1) is 0 Å². The van der Waals surface area contributed by atoms with Crippen LogP contribution >= 0.6 is 0 Å². The Morgan fingerprint density at radius 2 is 1.82 bits per heavy atom. The van der Waals surface area contributed by atoms with Crippen LogP contribution in [0, 0.1) is 0 Å². The topological polar surface area (TPSA) is 93.4 Å². The molecular weight excluding hydrogens is 374 g/mol. The molecule has 6 nitrogen and oxygen atoms in total. The van der Waals surface area contributed by atoms with Crippen molar-refractivity contribution in [3.63, 3.8) is 0 Å². The van der Waals surface area contributed by atoms with E-state index < -0.39 is 9.84 Å². The molecule has 1 aromatic heterocycles. The fraction of sp³-hybridized carbons (Fsp3) is 0.238. The number of carbonyl (C=O) groups is 1.